The lowest BCUT2D eigenvalue weighted by molar-refractivity contribution is -0.140. The number of nitrogens with zero attached hydrogens (tertiary/aromatic N) is 1. The van der Waals surface area contributed by atoms with E-state index in [4.69, 9.17) is 34.8 Å². The first kappa shape index (κ1) is 21.5. The van der Waals surface area contributed by atoms with Crippen LogP contribution in [0, 0.1) is 0 Å². The highest BCUT2D eigenvalue weighted by Crippen LogP contribution is 2.24. The number of rotatable bonds is 7. The molecule has 1 N–H and O–H groups in total. The van der Waals surface area contributed by atoms with Crippen molar-refractivity contribution in [1.29, 1.82) is 0 Å². The zero-order valence-electron chi connectivity index (χ0n) is 15.1. The maximum absolute atomic E-state index is 13.1. The van der Waals surface area contributed by atoms with Crippen molar-refractivity contribution in [2.24, 2.45) is 0 Å². The third-order valence-electron chi connectivity index (χ3n) is 4.23. The summed E-state index contributed by atoms with van der Waals surface area (Å²) >= 11 is 18.3. The molecule has 2 aromatic carbocycles. The summed E-state index contributed by atoms with van der Waals surface area (Å²) in [5.74, 6) is -0.402. The Morgan fingerprint density at radius 2 is 1.78 bits per heavy atom. The number of nitrogens with one attached hydrogen (secondary N) is 1. The van der Waals surface area contributed by atoms with Crippen molar-refractivity contribution in [1.82, 2.24) is 10.2 Å². The maximum atomic E-state index is 13.1. The van der Waals surface area contributed by atoms with Gasteiger partial charge in [0, 0.05) is 28.7 Å². The second-order valence-electron chi connectivity index (χ2n) is 6.10. The molecule has 2 amide bonds. The van der Waals surface area contributed by atoms with Crippen LogP contribution in [0.15, 0.2) is 42.5 Å². The molecule has 0 aliphatic rings. The van der Waals surface area contributed by atoms with Gasteiger partial charge in [0.15, 0.2) is 0 Å². The molecular weight excluding hydrogens is 407 g/mol. The molecule has 2 rings (SSSR count). The largest absolute Gasteiger partial charge is 0.357 e. The fourth-order valence-electron chi connectivity index (χ4n) is 2.84. The molecule has 0 spiro atoms. The van der Waals surface area contributed by atoms with Crippen LogP contribution < -0.4 is 5.32 Å². The molecule has 0 bridgehead atoms. The van der Waals surface area contributed by atoms with Gasteiger partial charge < -0.3 is 10.2 Å². The van der Waals surface area contributed by atoms with Gasteiger partial charge in [-0.1, -0.05) is 59.9 Å². The van der Waals surface area contributed by atoms with E-state index in [-0.39, 0.29) is 24.8 Å². The first-order valence-electron chi connectivity index (χ1n) is 8.55. The molecule has 0 unspecified atom stereocenters. The lowest BCUT2D eigenvalue weighted by Crippen LogP contribution is -2.48. The van der Waals surface area contributed by atoms with E-state index in [0.29, 0.717) is 21.5 Å². The van der Waals surface area contributed by atoms with Crippen LogP contribution in [-0.4, -0.2) is 29.8 Å². The van der Waals surface area contributed by atoms with Gasteiger partial charge >= 0.3 is 0 Å². The molecule has 0 aliphatic carbocycles. The molecule has 0 radical (unpaired) electrons. The molecule has 7 heteroatoms. The number of hydrogen-bond donors (Lipinski definition) is 1. The van der Waals surface area contributed by atoms with Gasteiger partial charge in [0.05, 0.1) is 6.42 Å². The Labute approximate surface area is 174 Å². The van der Waals surface area contributed by atoms with Crippen molar-refractivity contribution in [2.75, 3.05) is 7.05 Å². The molecule has 27 heavy (non-hydrogen) atoms. The number of benzene rings is 2. The minimum atomic E-state index is -0.603. The lowest BCUT2D eigenvalue weighted by Gasteiger charge is -2.30. The summed E-state index contributed by atoms with van der Waals surface area (Å²) in [6.07, 6.45) is 0.616. The Balaban J connectivity index is 2.33. The molecule has 0 saturated heterocycles. The van der Waals surface area contributed by atoms with E-state index >= 15 is 0 Å². The number of carbonyl (C=O) groups excluding carboxylic acids is 2. The highest BCUT2D eigenvalue weighted by molar-refractivity contribution is 6.35. The van der Waals surface area contributed by atoms with Crippen molar-refractivity contribution in [3.63, 3.8) is 0 Å². The van der Waals surface area contributed by atoms with E-state index in [1.807, 2.05) is 13.0 Å². The molecule has 144 valence electrons. The van der Waals surface area contributed by atoms with Crippen LogP contribution in [0.25, 0.3) is 0 Å². The van der Waals surface area contributed by atoms with Gasteiger partial charge in [-0.3, -0.25) is 9.59 Å². The fourth-order valence-corrected chi connectivity index (χ4v) is 3.52. The number of hydrogen-bond acceptors (Lipinski definition) is 2. The summed E-state index contributed by atoms with van der Waals surface area (Å²) in [5.41, 5.74) is 1.51. The topological polar surface area (TPSA) is 49.4 Å². The maximum Gasteiger partial charge on any atom is 0.242 e. The summed E-state index contributed by atoms with van der Waals surface area (Å²) in [6.45, 7) is 2.07. The van der Waals surface area contributed by atoms with Crippen molar-refractivity contribution in [3.05, 3.63) is 68.7 Å². The average Bonchev–Trinajstić information content (AvgIpc) is 2.62. The minimum absolute atomic E-state index is 0.138. The molecule has 4 nitrogen and oxygen atoms in total. The predicted octanol–water partition coefficient (Wildman–Crippen LogP) is 4.74. The van der Waals surface area contributed by atoms with Crippen LogP contribution in [0.5, 0.6) is 0 Å². The Kier molecular flexibility index (Phi) is 7.96. The predicted molar refractivity (Wildman–Crippen MR) is 110 cm³/mol. The Morgan fingerprint density at radius 1 is 1.07 bits per heavy atom. The molecular formula is C20H21Cl3N2O2. The second-order valence-corrected chi connectivity index (χ2v) is 7.38. The average molecular weight is 428 g/mol. The monoisotopic (exact) mass is 426 g/mol. The standard InChI is InChI=1S/C20H21Cl3N2O2/c1-3-18(20(27)24-2)25(12-14-7-8-16(22)11-17(14)23)19(26)10-13-5-4-6-15(21)9-13/h4-9,11,18H,3,10,12H2,1-2H3,(H,24,27)/t18-/m1/s1. The van der Waals surface area contributed by atoms with Gasteiger partial charge in [-0.05, 0) is 41.8 Å². The molecule has 0 aromatic heterocycles. The Bertz CT molecular complexity index is 827. The summed E-state index contributed by atoms with van der Waals surface area (Å²) in [4.78, 5) is 27.0. The smallest absolute Gasteiger partial charge is 0.242 e. The zero-order valence-corrected chi connectivity index (χ0v) is 17.4. The normalized spacial score (nSPS) is 11.7. The van der Waals surface area contributed by atoms with E-state index in [1.165, 1.54) is 0 Å². The fraction of sp³-hybridized carbons (Fsp3) is 0.300. The Morgan fingerprint density at radius 3 is 2.37 bits per heavy atom. The minimum Gasteiger partial charge on any atom is -0.357 e. The molecule has 2 aromatic rings. The van der Waals surface area contributed by atoms with Crippen LogP contribution >= 0.6 is 34.8 Å². The van der Waals surface area contributed by atoms with Gasteiger partial charge in [0.1, 0.15) is 6.04 Å². The van der Waals surface area contributed by atoms with Crippen molar-refractivity contribution < 1.29 is 9.59 Å². The number of amides is 2. The molecule has 0 fully saturated rings. The molecule has 0 heterocycles. The van der Waals surface area contributed by atoms with E-state index in [9.17, 15) is 9.59 Å². The van der Waals surface area contributed by atoms with Crippen LogP contribution in [0.1, 0.15) is 24.5 Å². The molecule has 0 saturated carbocycles. The number of likely N-dealkylation sites (N-methyl/N-ethyl adjacent to an activating group) is 1. The number of halogens is 3. The third kappa shape index (κ3) is 5.86. The van der Waals surface area contributed by atoms with Crippen molar-refractivity contribution in [2.45, 2.75) is 32.4 Å². The summed E-state index contributed by atoms with van der Waals surface area (Å²) in [7, 11) is 1.56. The van der Waals surface area contributed by atoms with Crippen LogP contribution in [0.2, 0.25) is 15.1 Å². The van der Waals surface area contributed by atoms with E-state index in [1.54, 1.807) is 48.3 Å². The van der Waals surface area contributed by atoms with Gasteiger partial charge in [0.25, 0.3) is 0 Å². The second kappa shape index (κ2) is 9.98. The van der Waals surface area contributed by atoms with Crippen LogP contribution in [0.3, 0.4) is 0 Å². The van der Waals surface area contributed by atoms with E-state index in [0.717, 1.165) is 11.1 Å². The van der Waals surface area contributed by atoms with Gasteiger partial charge in [-0.15, -0.1) is 0 Å². The molecule has 1 atom stereocenters. The molecule has 0 aliphatic heterocycles. The number of carbonyl (C=O) groups is 2. The first-order valence-corrected chi connectivity index (χ1v) is 9.68. The van der Waals surface area contributed by atoms with Gasteiger partial charge in [-0.25, -0.2) is 0 Å². The van der Waals surface area contributed by atoms with E-state index in [2.05, 4.69) is 5.32 Å². The van der Waals surface area contributed by atoms with Crippen molar-refractivity contribution >= 4 is 46.6 Å². The van der Waals surface area contributed by atoms with Gasteiger partial charge in [0.2, 0.25) is 11.8 Å². The summed E-state index contributed by atoms with van der Waals surface area (Å²) in [5, 5.41) is 4.15. The third-order valence-corrected chi connectivity index (χ3v) is 5.05. The SMILES string of the molecule is CC[C@H](C(=O)NC)N(Cc1ccc(Cl)cc1Cl)C(=O)Cc1cccc(Cl)c1. The lowest BCUT2D eigenvalue weighted by atomic mass is 10.1. The van der Waals surface area contributed by atoms with Gasteiger partial charge in [-0.2, -0.15) is 0 Å². The van der Waals surface area contributed by atoms with E-state index < -0.39 is 6.04 Å². The van der Waals surface area contributed by atoms with Crippen molar-refractivity contribution in [3.8, 4) is 0 Å². The first-order chi connectivity index (χ1) is 12.8. The quantitative estimate of drug-likeness (QED) is 0.693. The Hall–Kier alpha value is -1.75. The highest BCUT2D eigenvalue weighted by atomic mass is 35.5. The van der Waals surface area contributed by atoms with Crippen LogP contribution in [-0.2, 0) is 22.6 Å². The highest BCUT2D eigenvalue weighted by Gasteiger charge is 2.28. The summed E-state index contributed by atoms with van der Waals surface area (Å²) in [6, 6.07) is 11.6. The van der Waals surface area contributed by atoms with Crippen LogP contribution in [0.4, 0.5) is 0 Å². The zero-order chi connectivity index (χ0) is 20.0. The summed E-state index contributed by atoms with van der Waals surface area (Å²) < 4.78 is 0.